The fourth-order valence-electron chi connectivity index (χ4n) is 1.86. The molecule has 1 aromatic carbocycles. The van der Waals surface area contributed by atoms with Crippen molar-refractivity contribution in [2.75, 3.05) is 7.11 Å². The first-order valence-corrected chi connectivity index (χ1v) is 5.95. The molecule has 0 aliphatic heterocycles. The number of aromatic nitrogens is 2. The molecule has 0 amide bonds. The van der Waals surface area contributed by atoms with Gasteiger partial charge in [0, 0.05) is 18.4 Å². The summed E-state index contributed by atoms with van der Waals surface area (Å²) < 4.78 is 5.17. The van der Waals surface area contributed by atoms with Gasteiger partial charge in [-0.3, -0.25) is 4.98 Å². The third-order valence-corrected chi connectivity index (χ3v) is 2.85. The summed E-state index contributed by atoms with van der Waals surface area (Å²) in [6, 6.07) is 10.1. The highest BCUT2D eigenvalue weighted by Crippen LogP contribution is 2.19. The SMILES string of the molecule is COc1nccnc1CCC(N)c1ccccc1. The normalized spacial score (nSPS) is 12.1. The summed E-state index contributed by atoms with van der Waals surface area (Å²) in [7, 11) is 1.60. The highest BCUT2D eigenvalue weighted by Gasteiger charge is 2.09. The summed E-state index contributed by atoms with van der Waals surface area (Å²) in [5.41, 5.74) is 8.14. The van der Waals surface area contributed by atoms with Crippen molar-refractivity contribution in [2.45, 2.75) is 18.9 Å². The zero-order chi connectivity index (χ0) is 12.8. The number of methoxy groups -OCH3 is 1. The van der Waals surface area contributed by atoms with Gasteiger partial charge in [-0.15, -0.1) is 0 Å². The van der Waals surface area contributed by atoms with E-state index in [9.17, 15) is 0 Å². The Hall–Kier alpha value is -1.94. The fourth-order valence-corrected chi connectivity index (χ4v) is 1.86. The molecule has 94 valence electrons. The molecule has 0 fully saturated rings. The van der Waals surface area contributed by atoms with Gasteiger partial charge in [0.15, 0.2) is 0 Å². The van der Waals surface area contributed by atoms with Crippen molar-refractivity contribution in [1.29, 1.82) is 0 Å². The molecule has 2 rings (SSSR count). The Morgan fingerprint density at radius 1 is 1.17 bits per heavy atom. The minimum Gasteiger partial charge on any atom is -0.480 e. The number of rotatable bonds is 5. The molecule has 4 heteroatoms. The molecule has 4 nitrogen and oxygen atoms in total. The van der Waals surface area contributed by atoms with E-state index in [-0.39, 0.29) is 6.04 Å². The lowest BCUT2D eigenvalue weighted by molar-refractivity contribution is 0.387. The molecular formula is C14H17N3O. The van der Waals surface area contributed by atoms with Crippen LogP contribution in [0.3, 0.4) is 0 Å². The zero-order valence-electron chi connectivity index (χ0n) is 10.4. The molecule has 0 aliphatic carbocycles. The van der Waals surface area contributed by atoms with Gasteiger partial charge >= 0.3 is 0 Å². The number of benzene rings is 1. The Bertz CT molecular complexity index is 487. The van der Waals surface area contributed by atoms with E-state index in [4.69, 9.17) is 10.5 Å². The topological polar surface area (TPSA) is 61.0 Å². The van der Waals surface area contributed by atoms with Crippen molar-refractivity contribution in [3.8, 4) is 5.88 Å². The third-order valence-electron chi connectivity index (χ3n) is 2.85. The molecule has 1 heterocycles. The molecule has 1 atom stereocenters. The average molecular weight is 243 g/mol. The number of hydrogen-bond donors (Lipinski definition) is 1. The molecule has 0 saturated carbocycles. The number of hydrogen-bond acceptors (Lipinski definition) is 4. The second kappa shape index (κ2) is 6.12. The van der Waals surface area contributed by atoms with E-state index in [1.54, 1.807) is 19.5 Å². The molecule has 0 radical (unpaired) electrons. The predicted molar refractivity (Wildman–Crippen MR) is 70.3 cm³/mol. The lowest BCUT2D eigenvalue weighted by atomic mass is 10.0. The highest BCUT2D eigenvalue weighted by atomic mass is 16.5. The van der Waals surface area contributed by atoms with Gasteiger partial charge in [0.25, 0.3) is 0 Å². The number of aryl methyl sites for hydroxylation is 1. The summed E-state index contributed by atoms with van der Waals surface area (Å²) in [6.45, 7) is 0. The van der Waals surface area contributed by atoms with Crippen molar-refractivity contribution in [3.63, 3.8) is 0 Å². The second-order valence-corrected chi connectivity index (χ2v) is 4.07. The smallest absolute Gasteiger partial charge is 0.235 e. The molecule has 1 aromatic heterocycles. The molecule has 18 heavy (non-hydrogen) atoms. The summed E-state index contributed by atoms with van der Waals surface area (Å²) in [5, 5.41) is 0. The van der Waals surface area contributed by atoms with Gasteiger partial charge in [-0.2, -0.15) is 0 Å². The van der Waals surface area contributed by atoms with Crippen LogP contribution in [0.5, 0.6) is 5.88 Å². The molecule has 0 saturated heterocycles. The standard InChI is InChI=1S/C14H17N3O/c1-18-14-13(16-9-10-17-14)8-7-12(15)11-5-3-2-4-6-11/h2-6,9-10,12H,7-8,15H2,1H3. The van der Waals surface area contributed by atoms with E-state index in [1.165, 1.54) is 0 Å². The first-order chi connectivity index (χ1) is 8.81. The van der Waals surface area contributed by atoms with E-state index in [0.29, 0.717) is 5.88 Å². The average Bonchev–Trinajstić information content (AvgIpc) is 2.46. The van der Waals surface area contributed by atoms with Crippen LogP contribution in [-0.4, -0.2) is 17.1 Å². The van der Waals surface area contributed by atoms with Crippen LogP contribution >= 0.6 is 0 Å². The Labute approximate surface area is 107 Å². The van der Waals surface area contributed by atoms with Crippen molar-refractivity contribution < 1.29 is 4.74 Å². The van der Waals surface area contributed by atoms with Gasteiger partial charge in [-0.25, -0.2) is 4.98 Å². The van der Waals surface area contributed by atoms with Crippen LogP contribution in [0.1, 0.15) is 23.7 Å². The van der Waals surface area contributed by atoms with Gasteiger partial charge in [-0.05, 0) is 18.4 Å². The molecule has 2 aromatic rings. The second-order valence-electron chi connectivity index (χ2n) is 4.07. The van der Waals surface area contributed by atoms with E-state index in [2.05, 4.69) is 9.97 Å². The monoisotopic (exact) mass is 243 g/mol. The number of nitrogens with zero attached hydrogens (tertiary/aromatic N) is 2. The number of nitrogens with two attached hydrogens (primary N) is 1. The minimum absolute atomic E-state index is 0.0120. The van der Waals surface area contributed by atoms with Gasteiger partial charge in [0.05, 0.1) is 7.11 Å². The lowest BCUT2D eigenvalue weighted by Gasteiger charge is -2.12. The Morgan fingerprint density at radius 3 is 2.61 bits per heavy atom. The lowest BCUT2D eigenvalue weighted by Crippen LogP contribution is -2.12. The van der Waals surface area contributed by atoms with Crippen LogP contribution in [0.2, 0.25) is 0 Å². The van der Waals surface area contributed by atoms with Crippen molar-refractivity contribution >= 4 is 0 Å². The highest BCUT2D eigenvalue weighted by molar-refractivity contribution is 5.20. The summed E-state index contributed by atoms with van der Waals surface area (Å²) in [6.07, 6.45) is 4.87. The fraction of sp³-hybridized carbons (Fsp3) is 0.286. The van der Waals surface area contributed by atoms with Crippen molar-refractivity contribution in [3.05, 3.63) is 54.0 Å². The Kier molecular flexibility index (Phi) is 4.25. The van der Waals surface area contributed by atoms with Gasteiger partial charge in [0.1, 0.15) is 5.69 Å². The molecule has 0 aliphatic rings. The quantitative estimate of drug-likeness (QED) is 0.873. The summed E-state index contributed by atoms with van der Waals surface area (Å²) in [4.78, 5) is 8.39. The predicted octanol–water partition coefficient (Wildman–Crippen LogP) is 2.12. The van der Waals surface area contributed by atoms with E-state index in [1.807, 2.05) is 30.3 Å². The molecule has 2 N–H and O–H groups in total. The summed E-state index contributed by atoms with van der Waals surface area (Å²) >= 11 is 0. The molecule has 0 spiro atoms. The van der Waals surface area contributed by atoms with Crippen molar-refractivity contribution in [2.24, 2.45) is 5.73 Å². The van der Waals surface area contributed by atoms with Crippen LogP contribution in [0.25, 0.3) is 0 Å². The summed E-state index contributed by atoms with van der Waals surface area (Å²) in [5.74, 6) is 0.581. The minimum atomic E-state index is 0.0120. The molecular weight excluding hydrogens is 226 g/mol. The van der Waals surface area contributed by atoms with Gasteiger partial charge < -0.3 is 10.5 Å². The third kappa shape index (κ3) is 3.05. The number of ether oxygens (including phenoxy) is 1. The van der Waals surface area contributed by atoms with E-state index in [0.717, 1.165) is 24.1 Å². The zero-order valence-corrected chi connectivity index (χ0v) is 10.4. The van der Waals surface area contributed by atoms with Gasteiger partial charge in [0.2, 0.25) is 5.88 Å². The van der Waals surface area contributed by atoms with E-state index < -0.39 is 0 Å². The maximum Gasteiger partial charge on any atom is 0.235 e. The molecule has 1 unspecified atom stereocenters. The maximum absolute atomic E-state index is 6.15. The van der Waals surface area contributed by atoms with Crippen LogP contribution in [0, 0.1) is 0 Å². The van der Waals surface area contributed by atoms with Crippen LogP contribution < -0.4 is 10.5 Å². The first kappa shape index (κ1) is 12.5. The van der Waals surface area contributed by atoms with Crippen LogP contribution in [0.4, 0.5) is 0 Å². The molecule has 0 bridgehead atoms. The van der Waals surface area contributed by atoms with Crippen LogP contribution in [-0.2, 0) is 6.42 Å². The van der Waals surface area contributed by atoms with E-state index >= 15 is 0 Å². The Balaban J connectivity index is 1.99. The maximum atomic E-state index is 6.15. The van der Waals surface area contributed by atoms with Crippen LogP contribution in [0.15, 0.2) is 42.7 Å². The largest absolute Gasteiger partial charge is 0.480 e. The Morgan fingerprint density at radius 2 is 1.89 bits per heavy atom. The van der Waals surface area contributed by atoms with Crippen molar-refractivity contribution in [1.82, 2.24) is 9.97 Å². The van der Waals surface area contributed by atoms with Gasteiger partial charge in [-0.1, -0.05) is 30.3 Å². The first-order valence-electron chi connectivity index (χ1n) is 5.95.